The molecule has 4 aromatic heterocycles. The highest BCUT2D eigenvalue weighted by Gasteiger charge is 2.39. The molecule has 1 unspecified atom stereocenters. The van der Waals surface area contributed by atoms with Crippen LogP contribution in [0.5, 0.6) is 0 Å². The van der Waals surface area contributed by atoms with E-state index >= 15 is 0 Å². The van der Waals surface area contributed by atoms with Crippen LogP contribution >= 0.6 is 0 Å². The molecule has 13 aromatic rings. The fraction of sp³-hybridized carbons (Fsp3) is 0.205. The lowest BCUT2D eigenvalue weighted by atomic mass is 9.80. The lowest BCUT2D eigenvalue weighted by molar-refractivity contribution is 0.590. The zero-order chi connectivity index (χ0) is 52.6. The van der Waals surface area contributed by atoms with Crippen molar-refractivity contribution in [3.05, 3.63) is 215 Å². The van der Waals surface area contributed by atoms with Gasteiger partial charge >= 0.3 is 0 Å². The van der Waals surface area contributed by atoms with E-state index in [9.17, 15) is 0 Å². The number of benzene rings is 9. The number of rotatable bonds is 5. The van der Waals surface area contributed by atoms with E-state index in [2.05, 4.69) is 265 Å². The molecule has 4 heteroatoms. The van der Waals surface area contributed by atoms with Crippen LogP contribution in [0.25, 0.3) is 105 Å². The summed E-state index contributed by atoms with van der Waals surface area (Å²) in [6, 6.07) is 66.1. The minimum Gasteiger partial charge on any atom is -0.453 e. The van der Waals surface area contributed by atoms with Crippen LogP contribution in [0.3, 0.4) is 0 Å². The fourth-order valence-electron chi connectivity index (χ4n) is 13.4. The predicted molar refractivity (Wildman–Crippen MR) is 327 cm³/mol. The molecule has 0 amide bonds. The van der Waals surface area contributed by atoms with Crippen molar-refractivity contribution in [3.63, 3.8) is 0 Å². The summed E-state index contributed by atoms with van der Waals surface area (Å²) >= 11 is 0. The molecular weight excluding hydrogens is 935 g/mol. The van der Waals surface area contributed by atoms with Crippen molar-refractivity contribution >= 4 is 99.8 Å². The number of para-hydroxylation sites is 2. The summed E-state index contributed by atoms with van der Waals surface area (Å²) < 4.78 is 12.6. The average Bonchev–Trinajstić information content (AvgIpc) is 4.05. The van der Waals surface area contributed by atoms with Gasteiger partial charge in [-0.1, -0.05) is 184 Å². The summed E-state index contributed by atoms with van der Waals surface area (Å²) in [6.07, 6.45) is 3.52. The number of aryl methyl sites for hydroxylation is 1. The Morgan fingerprint density at radius 3 is 1.84 bits per heavy atom. The van der Waals surface area contributed by atoms with Crippen molar-refractivity contribution in [3.8, 4) is 22.3 Å². The maximum atomic E-state index is 7.25. The third-order valence-electron chi connectivity index (χ3n) is 17.5. The molecule has 0 radical (unpaired) electrons. The molecule has 0 N–H and O–H groups in total. The van der Waals surface area contributed by atoms with Crippen molar-refractivity contribution in [2.24, 2.45) is 0 Å². The highest BCUT2D eigenvalue weighted by molar-refractivity contribution is 6.21. The van der Waals surface area contributed by atoms with Gasteiger partial charge in [-0.3, -0.25) is 0 Å². The fourth-order valence-corrected chi connectivity index (χ4v) is 13.4. The number of hydrogen-bond donors (Lipinski definition) is 0. The maximum Gasteiger partial charge on any atom is 0.159 e. The Kier molecular flexibility index (Phi) is 9.48. The average molecular weight is 998 g/mol. The summed E-state index contributed by atoms with van der Waals surface area (Å²) in [6.45, 7) is 23.4. The monoisotopic (exact) mass is 997 g/mol. The van der Waals surface area contributed by atoms with Crippen LogP contribution in [0.4, 0.5) is 17.1 Å². The molecule has 4 nitrogen and oxygen atoms in total. The third-order valence-corrected chi connectivity index (χ3v) is 17.5. The van der Waals surface area contributed by atoms with E-state index in [4.69, 9.17) is 4.42 Å². The van der Waals surface area contributed by atoms with Gasteiger partial charge in [0.25, 0.3) is 0 Å². The highest BCUT2D eigenvalue weighted by Crippen LogP contribution is 2.56. The van der Waals surface area contributed by atoms with Gasteiger partial charge in [0.1, 0.15) is 5.58 Å². The van der Waals surface area contributed by atoms with Gasteiger partial charge in [-0.15, -0.1) is 0 Å². The number of nitrogens with zero attached hydrogens (tertiary/aromatic N) is 3. The molecule has 1 aliphatic heterocycles. The molecule has 0 bridgehead atoms. The van der Waals surface area contributed by atoms with Crippen molar-refractivity contribution < 1.29 is 4.42 Å². The zero-order valence-electron chi connectivity index (χ0n) is 45.9. The van der Waals surface area contributed by atoms with Crippen LogP contribution in [0.15, 0.2) is 180 Å². The predicted octanol–water partition coefficient (Wildman–Crippen LogP) is 20.3. The standard InChI is InChI=1S/C73H63N3O/c1-42-27-28-45(43-19-13-11-14-20-43)33-63(42)74(62-26-18-25-53-52-24-17-23-50(69(52)77-70(53)62)44-21-15-12-16-22-44)49-30-31-51-57-35-47(72(5,6)7)37-59-56-40-65-55(41-66(56)76(67(57)59)64(51)39-49)60-38-48(73(8,9)10)36-58-54-34-46(71(2,3)4)29-32-61(54)75(65)68(58)60/h11-39,41,56H,40H2,1-10H3. The van der Waals surface area contributed by atoms with E-state index < -0.39 is 0 Å². The lowest BCUT2D eigenvalue weighted by Gasteiger charge is -2.28. The largest absolute Gasteiger partial charge is 0.453 e. The molecule has 1 atom stereocenters. The van der Waals surface area contributed by atoms with Gasteiger partial charge in [0.05, 0.1) is 27.8 Å². The Bertz CT molecular complexity index is 4650. The van der Waals surface area contributed by atoms with Crippen LogP contribution in [0.2, 0.25) is 0 Å². The Labute approximate surface area is 450 Å². The van der Waals surface area contributed by atoms with Crippen molar-refractivity contribution in [2.45, 2.75) is 97.8 Å². The van der Waals surface area contributed by atoms with Crippen LogP contribution < -0.4 is 4.90 Å². The van der Waals surface area contributed by atoms with Gasteiger partial charge < -0.3 is 18.3 Å². The number of furan rings is 1. The summed E-state index contributed by atoms with van der Waals surface area (Å²) in [4.78, 5) is 2.47. The maximum absolute atomic E-state index is 7.25. The van der Waals surface area contributed by atoms with Crippen molar-refractivity contribution in [1.82, 2.24) is 8.97 Å². The van der Waals surface area contributed by atoms with E-state index in [1.54, 1.807) is 0 Å². The summed E-state index contributed by atoms with van der Waals surface area (Å²) in [5, 5.41) is 8.88. The highest BCUT2D eigenvalue weighted by atomic mass is 16.3. The van der Waals surface area contributed by atoms with Crippen LogP contribution in [0.1, 0.15) is 107 Å². The number of anilines is 3. The molecule has 376 valence electrons. The number of fused-ring (bicyclic) bond motifs is 15. The summed E-state index contributed by atoms with van der Waals surface area (Å²) in [5.41, 5.74) is 25.6. The van der Waals surface area contributed by atoms with Gasteiger partial charge in [0.2, 0.25) is 0 Å². The molecule has 77 heavy (non-hydrogen) atoms. The van der Waals surface area contributed by atoms with Crippen molar-refractivity contribution in [1.29, 1.82) is 0 Å². The SMILES string of the molecule is Cc1ccc(-c2ccccc2)cc1N(c1ccc2c3cc(C(C)(C)C)cc4c3n(c2c1)C1=Cc2c(n3c5ccc(C(C)(C)C)cc5c5cc(C(C)(C)C)cc2c53)CC14)c1cccc2c1oc1c(-c3ccccc3)cccc12. The molecule has 9 aromatic carbocycles. The lowest BCUT2D eigenvalue weighted by Crippen LogP contribution is -2.14. The van der Waals surface area contributed by atoms with Crippen LogP contribution in [-0.2, 0) is 22.7 Å². The molecule has 15 rings (SSSR count). The number of aromatic nitrogens is 2. The van der Waals surface area contributed by atoms with Gasteiger partial charge in [-0.25, -0.2) is 0 Å². The van der Waals surface area contributed by atoms with E-state index in [1.165, 1.54) is 105 Å². The van der Waals surface area contributed by atoms with Crippen LogP contribution in [-0.4, -0.2) is 8.97 Å². The third kappa shape index (κ3) is 6.70. The number of allylic oxidation sites excluding steroid dienone is 1. The minimum atomic E-state index is -0.0468. The first-order chi connectivity index (χ1) is 37.0. The zero-order valence-corrected chi connectivity index (χ0v) is 45.9. The van der Waals surface area contributed by atoms with E-state index in [0.717, 1.165) is 56.5 Å². The van der Waals surface area contributed by atoms with E-state index in [1.807, 2.05) is 0 Å². The second-order valence-corrected chi connectivity index (χ2v) is 25.4. The van der Waals surface area contributed by atoms with Gasteiger partial charge in [-0.05, 0) is 128 Å². The quantitative estimate of drug-likeness (QED) is 0.172. The second kappa shape index (κ2) is 15.9. The van der Waals surface area contributed by atoms with Gasteiger partial charge in [0, 0.05) is 83.9 Å². The Hall–Kier alpha value is -8.34. The van der Waals surface area contributed by atoms with E-state index in [0.29, 0.717) is 0 Å². The first-order valence-electron chi connectivity index (χ1n) is 27.7. The first-order valence-corrected chi connectivity index (χ1v) is 27.7. The first kappa shape index (κ1) is 46.0. The molecule has 0 saturated carbocycles. The Balaban J connectivity index is 1.00. The molecule has 1 aliphatic carbocycles. The molecule has 0 fully saturated rings. The van der Waals surface area contributed by atoms with Gasteiger partial charge in [-0.2, -0.15) is 0 Å². The molecule has 5 heterocycles. The molecule has 2 aliphatic rings. The van der Waals surface area contributed by atoms with Gasteiger partial charge in [0.15, 0.2) is 5.58 Å². The summed E-state index contributed by atoms with van der Waals surface area (Å²) in [5.74, 6) is 0.184. The van der Waals surface area contributed by atoms with Crippen molar-refractivity contribution in [2.75, 3.05) is 4.90 Å². The summed E-state index contributed by atoms with van der Waals surface area (Å²) in [7, 11) is 0. The molecular formula is C73H63N3O. The Morgan fingerprint density at radius 2 is 1.12 bits per heavy atom. The number of hydrogen-bond acceptors (Lipinski definition) is 2. The molecule has 0 saturated heterocycles. The van der Waals surface area contributed by atoms with E-state index in [-0.39, 0.29) is 22.2 Å². The molecule has 0 spiro atoms. The van der Waals surface area contributed by atoms with Crippen LogP contribution in [0, 0.1) is 6.92 Å². The normalized spacial score (nSPS) is 14.8. The Morgan fingerprint density at radius 1 is 0.468 bits per heavy atom. The minimum absolute atomic E-state index is 0.0255. The topological polar surface area (TPSA) is 25.7 Å². The smallest absolute Gasteiger partial charge is 0.159 e. The second-order valence-electron chi connectivity index (χ2n) is 25.4.